The minimum absolute atomic E-state index is 0.764. The van der Waals surface area contributed by atoms with E-state index >= 15 is 0 Å². The van der Waals surface area contributed by atoms with E-state index in [9.17, 15) is 5.26 Å². The summed E-state index contributed by atoms with van der Waals surface area (Å²) in [7, 11) is 0. The number of allylic oxidation sites excluding steroid dienone is 3. The summed E-state index contributed by atoms with van der Waals surface area (Å²) in [4.78, 5) is 0. The Morgan fingerprint density at radius 1 is 1.07 bits per heavy atom. The highest BCUT2D eigenvalue weighted by atomic mass is 14.3. The number of rotatable bonds is 6. The molecule has 0 heterocycles. The van der Waals surface area contributed by atoms with Crippen molar-refractivity contribution in [2.45, 2.75) is 65.2 Å². The first-order valence-electron chi connectivity index (χ1n) is 11.1. The van der Waals surface area contributed by atoms with Crippen LogP contribution in [0.5, 0.6) is 0 Å². The van der Waals surface area contributed by atoms with Gasteiger partial charge in [0.2, 0.25) is 0 Å². The third-order valence-corrected chi connectivity index (χ3v) is 6.13. The van der Waals surface area contributed by atoms with Gasteiger partial charge in [-0.3, -0.25) is 0 Å². The molecule has 0 N–H and O–H groups in total. The van der Waals surface area contributed by atoms with Crippen molar-refractivity contribution in [3.8, 4) is 6.07 Å². The molecule has 0 saturated heterocycles. The van der Waals surface area contributed by atoms with Gasteiger partial charge in [-0.2, -0.15) is 5.26 Å². The zero-order valence-electron chi connectivity index (χ0n) is 18.0. The fourth-order valence-electron chi connectivity index (χ4n) is 4.59. The van der Waals surface area contributed by atoms with Crippen molar-refractivity contribution in [3.05, 3.63) is 82.4 Å². The Morgan fingerprint density at radius 3 is 2.62 bits per heavy atom. The van der Waals surface area contributed by atoms with Crippen LogP contribution < -0.4 is 0 Å². The molecule has 1 aliphatic rings. The van der Waals surface area contributed by atoms with Crippen molar-refractivity contribution in [2.75, 3.05) is 0 Å². The Hall–Kier alpha value is -2.59. The maximum Gasteiger partial charge on any atom is 0.0991 e. The summed E-state index contributed by atoms with van der Waals surface area (Å²) in [5, 5.41) is 9.19. The van der Waals surface area contributed by atoms with E-state index in [1.54, 1.807) is 11.1 Å². The summed E-state index contributed by atoms with van der Waals surface area (Å²) in [6.45, 7) is 4.44. The van der Waals surface area contributed by atoms with Crippen LogP contribution in [-0.4, -0.2) is 0 Å². The van der Waals surface area contributed by atoms with Gasteiger partial charge in [-0.1, -0.05) is 67.5 Å². The quantitative estimate of drug-likeness (QED) is 0.494. The van der Waals surface area contributed by atoms with Crippen molar-refractivity contribution in [2.24, 2.45) is 5.92 Å². The molecular formula is C28H33N. The molecule has 1 unspecified atom stereocenters. The molecule has 0 aromatic heterocycles. The van der Waals surface area contributed by atoms with Crippen molar-refractivity contribution >= 4 is 11.6 Å². The minimum atomic E-state index is 0.764. The third-order valence-electron chi connectivity index (χ3n) is 6.13. The Kier molecular flexibility index (Phi) is 7.88. The Bertz CT molecular complexity index is 896. The number of hydrogen-bond donors (Lipinski definition) is 0. The molecule has 1 aliphatic carbocycles. The van der Waals surface area contributed by atoms with Gasteiger partial charge in [-0.25, -0.2) is 0 Å². The van der Waals surface area contributed by atoms with Gasteiger partial charge >= 0.3 is 0 Å². The van der Waals surface area contributed by atoms with Crippen LogP contribution in [0, 0.1) is 24.2 Å². The molecule has 0 bridgehead atoms. The Labute approximate surface area is 176 Å². The number of nitrogens with zero attached hydrogens (tertiary/aromatic N) is 1. The minimum Gasteiger partial charge on any atom is -0.192 e. The van der Waals surface area contributed by atoms with E-state index in [1.165, 1.54) is 68.1 Å². The molecule has 1 nitrogen and oxygen atoms in total. The largest absolute Gasteiger partial charge is 0.192 e. The van der Waals surface area contributed by atoms with Crippen LogP contribution in [0.4, 0.5) is 0 Å². The highest BCUT2D eigenvalue weighted by Crippen LogP contribution is 2.37. The second-order valence-electron chi connectivity index (χ2n) is 8.32. The van der Waals surface area contributed by atoms with Crippen LogP contribution in [0.2, 0.25) is 0 Å². The molecule has 1 atom stereocenters. The van der Waals surface area contributed by atoms with Gasteiger partial charge in [0.05, 0.1) is 11.6 Å². The lowest BCUT2D eigenvalue weighted by atomic mass is 9.81. The zero-order valence-corrected chi connectivity index (χ0v) is 18.0. The molecule has 2 aromatic carbocycles. The highest BCUT2D eigenvalue weighted by Gasteiger charge is 2.18. The van der Waals surface area contributed by atoms with Crippen LogP contribution in [0.1, 0.15) is 80.5 Å². The molecule has 0 saturated carbocycles. The predicted molar refractivity (Wildman–Crippen MR) is 124 cm³/mol. The average Bonchev–Trinajstić information content (AvgIpc) is 2.73. The monoisotopic (exact) mass is 383 g/mol. The van der Waals surface area contributed by atoms with E-state index in [0.29, 0.717) is 0 Å². The summed E-state index contributed by atoms with van der Waals surface area (Å²) in [6, 6.07) is 19.1. The Morgan fingerprint density at radius 2 is 1.90 bits per heavy atom. The molecule has 0 amide bonds. The molecular weight excluding hydrogens is 350 g/mol. The first kappa shape index (κ1) is 21.1. The lowest BCUT2D eigenvalue weighted by Crippen LogP contribution is -2.06. The molecule has 0 radical (unpaired) electrons. The Balaban J connectivity index is 1.73. The second kappa shape index (κ2) is 10.8. The third kappa shape index (κ3) is 5.94. The number of benzene rings is 2. The standard InChI is InChI=1S/C28H33N/c1-3-9-26-18-16-24(13-7-12-23-10-5-4-6-11-23)14-8-15-28(26)27-19-17-25(21-29)20-22(27)2/h4-7,10-12,17,19-20,24H,3,8-9,13-16,18H2,1-2H3/b12-7+,28-26+. The van der Waals surface area contributed by atoms with Gasteiger partial charge in [0, 0.05) is 0 Å². The van der Waals surface area contributed by atoms with E-state index in [4.69, 9.17) is 0 Å². The summed E-state index contributed by atoms with van der Waals surface area (Å²) >= 11 is 0. The van der Waals surface area contributed by atoms with E-state index in [1.807, 2.05) is 12.1 Å². The summed E-state index contributed by atoms with van der Waals surface area (Å²) < 4.78 is 0. The molecule has 0 spiro atoms. The maximum absolute atomic E-state index is 9.19. The topological polar surface area (TPSA) is 23.8 Å². The highest BCUT2D eigenvalue weighted by molar-refractivity contribution is 5.72. The van der Waals surface area contributed by atoms with Gasteiger partial charge in [-0.05, 0) is 92.2 Å². The maximum atomic E-state index is 9.19. The lowest BCUT2D eigenvalue weighted by molar-refractivity contribution is 0.434. The average molecular weight is 384 g/mol. The first-order valence-corrected chi connectivity index (χ1v) is 11.1. The molecule has 3 rings (SSSR count). The van der Waals surface area contributed by atoms with E-state index < -0.39 is 0 Å². The molecule has 150 valence electrons. The first-order chi connectivity index (χ1) is 14.2. The van der Waals surface area contributed by atoms with Crippen molar-refractivity contribution in [3.63, 3.8) is 0 Å². The summed E-state index contributed by atoms with van der Waals surface area (Å²) in [5.41, 5.74) is 7.89. The smallest absolute Gasteiger partial charge is 0.0991 e. The van der Waals surface area contributed by atoms with Gasteiger partial charge < -0.3 is 0 Å². The van der Waals surface area contributed by atoms with Crippen molar-refractivity contribution < 1.29 is 0 Å². The second-order valence-corrected chi connectivity index (χ2v) is 8.32. The van der Waals surface area contributed by atoms with E-state index in [0.717, 1.165) is 11.5 Å². The van der Waals surface area contributed by atoms with Crippen LogP contribution in [0.3, 0.4) is 0 Å². The van der Waals surface area contributed by atoms with Crippen LogP contribution in [0.25, 0.3) is 11.6 Å². The van der Waals surface area contributed by atoms with Crippen LogP contribution >= 0.6 is 0 Å². The van der Waals surface area contributed by atoms with Gasteiger partial charge in [0.25, 0.3) is 0 Å². The number of aryl methyl sites for hydroxylation is 1. The van der Waals surface area contributed by atoms with Gasteiger partial charge in [0.1, 0.15) is 0 Å². The fraction of sp³-hybridized carbons (Fsp3) is 0.393. The predicted octanol–water partition coefficient (Wildman–Crippen LogP) is 8.10. The van der Waals surface area contributed by atoms with Crippen molar-refractivity contribution in [1.82, 2.24) is 0 Å². The molecule has 29 heavy (non-hydrogen) atoms. The van der Waals surface area contributed by atoms with Gasteiger partial charge in [0.15, 0.2) is 0 Å². The zero-order chi connectivity index (χ0) is 20.5. The van der Waals surface area contributed by atoms with Crippen LogP contribution in [-0.2, 0) is 0 Å². The molecule has 0 aliphatic heterocycles. The van der Waals surface area contributed by atoms with Crippen LogP contribution in [0.15, 0.2) is 60.2 Å². The summed E-state index contributed by atoms with van der Waals surface area (Å²) in [5.74, 6) is 0.783. The van der Waals surface area contributed by atoms with E-state index in [2.05, 4.69) is 68.5 Å². The molecule has 0 fully saturated rings. The fourth-order valence-corrected chi connectivity index (χ4v) is 4.59. The van der Waals surface area contributed by atoms with Crippen molar-refractivity contribution in [1.29, 1.82) is 5.26 Å². The number of hydrogen-bond acceptors (Lipinski definition) is 1. The summed E-state index contributed by atoms with van der Waals surface area (Å²) in [6.07, 6.45) is 14.4. The van der Waals surface area contributed by atoms with E-state index in [-0.39, 0.29) is 0 Å². The SMILES string of the molecule is CCC/C1=C(\c2ccc(C#N)cc2C)CCCC(C/C=C/c2ccccc2)CC1. The molecule has 1 heteroatoms. The lowest BCUT2D eigenvalue weighted by Gasteiger charge is -2.24. The molecule has 2 aromatic rings. The normalized spacial score (nSPS) is 20.2. The number of nitriles is 1. The van der Waals surface area contributed by atoms with Gasteiger partial charge in [-0.15, -0.1) is 0 Å².